The molecule has 1 unspecified atom stereocenters. The number of hydrogen-bond donors (Lipinski definition) is 1. The largest absolute Gasteiger partial charge is 1.00 e. The van der Waals surface area contributed by atoms with Gasteiger partial charge in [-0.3, -0.25) is 0 Å². The minimum absolute atomic E-state index is 0. The van der Waals surface area contributed by atoms with E-state index in [0.29, 0.717) is 6.61 Å². The predicted molar refractivity (Wildman–Crippen MR) is 142 cm³/mol. The summed E-state index contributed by atoms with van der Waals surface area (Å²) in [4.78, 5) is 0. The first-order valence-electron chi connectivity index (χ1n) is 14.8. The number of likely N-dealkylation sites (tertiary alicyclic amines) is 1. The Hall–Kier alpha value is 0.320. The highest BCUT2D eigenvalue weighted by Gasteiger charge is 2.32. The summed E-state index contributed by atoms with van der Waals surface area (Å²) in [6, 6.07) is 0. The van der Waals surface area contributed by atoms with E-state index < -0.39 is 0 Å². The van der Waals surface area contributed by atoms with Crippen molar-refractivity contribution < 1.29 is 36.0 Å². The summed E-state index contributed by atoms with van der Waals surface area (Å²) in [6.45, 7) is 9.78. The summed E-state index contributed by atoms with van der Waals surface area (Å²) < 4.78 is 13.0. The van der Waals surface area contributed by atoms with Crippen molar-refractivity contribution >= 4 is 0 Å². The molecule has 206 valence electrons. The SMILES string of the molecule is CCCCCCCCCCCCCCCCCCOCC(C[N+]1(C)CCC(O)CC1)OCC.[Br-]. The zero-order valence-electron chi connectivity index (χ0n) is 23.2. The van der Waals surface area contributed by atoms with Crippen molar-refractivity contribution in [3.63, 3.8) is 0 Å². The molecule has 1 heterocycles. The van der Waals surface area contributed by atoms with Crippen LogP contribution in [0.25, 0.3) is 0 Å². The molecular formula is C29H60BrNO3. The normalized spacial score (nSPS) is 21.4. The van der Waals surface area contributed by atoms with Gasteiger partial charge in [0.15, 0.2) is 0 Å². The average molecular weight is 551 g/mol. The number of halogens is 1. The highest BCUT2D eigenvalue weighted by molar-refractivity contribution is 4.65. The molecule has 34 heavy (non-hydrogen) atoms. The third-order valence-electron chi connectivity index (χ3n) is 7.50. The van der Waals surface area contributed by atoms with Crippen LogP contribution in [0.3, 0.4) is 0 Å². The summed E-state index contributed by atoms with van der Waals surface area (Å²) in [5.74, 6) is 0. The monoisotopic (exact) mass is 549 g/mol. The molecule has 1 fully saturated rings. The van der Waals surface area contributed by atoms with Gasteiger partial charge in [0.25, 0.3) is 0 Å². The Morgan fingerprint density at radius 1 is 0.735 bits per heavy atom. The van der Waals surface area contributed by atoms with Gasteiger partial charge in [-0.1, -0.05) is 103 Å². The van der Waals surface area contributed by atoms with E-state index in [2.05, 4.69) is 20.9 Å². The molecule has 1 saturated heterocycles. The summed E-state index contributed by atoms with van der Waals surface area (Å²) in [6.07, 6.45) is 24.3. The van der Waals surface area contributed by atoms with E-state index in [4.69, 9.17) is 9.47 Å². The number of unbranched alkanes of at least 4 members (excludes halogenated alkanes) is 15. The highest BCUT2D eigenvalue weighted by atomic mass is 79.9. The summed E-state index contributed by atoms with van der Waals surface area (Å²) in [7, 11) is 2.30. The lowest BCUT2D eigenvalue weighted by atomic mass is 10.0. The van der Waals surface area contributed by atoms with Crippen LogP contribution >= 0.6 is 0 Å². The summed E-state index contributed by atoms with van der Waals surface area (Å²) >= 11 is 0. The van der Waals surface area contributed by atoms with E-state index in [1.54, 1.807) is 0 Å². The Labute approximate surface area is 223 Å². The van der Waals surface area contributed by atoms with Crippen molar-refractivity contribution in [3.8, 4) is 0 Å². The van der Waals surface area contributed by atoms with Crippen LogP contribution in [-0.2, 0) is 9.47 Å². The maximum absolute atomic E-state index is 9.79. The van der Waals surface area contributed by atoms with Gasteiger partial charge in [0, 0.05) is 26.1 Å². The molecule has 0 aromatic carbocycles. The highest BCUT2D eigenvalue weighted by Crippen LogP contribution is 2.19. The number of hydrogen-bond acceptors (Lipinski definition) is 3. The molecule has 1 N–H and O–H groups in total. The van der Waals surface area contributed by atoms with Crippen LogP contribution in [0.15, 0.2) is 0 Å². The van der Waals surface area contributed by atoms with Gasteiger partial charge in [0.2, 0.25) is 0 Å². The van der Waals surface area contributed by atoms with E-state index >= 15 is 0 Å². The Balaban J connectivity index is 0.0000109. The molecular weight excluding hydrogens is 490 g/mol. The minimum atomic E-state index is -0.104. The van der Waals surface area contributed by atoms with Gasteiger partial charge in [-0.15, -0.1) is 0 Å². The second-order valence-corrected chi connectivity index (χ2v) is 10.9. The number of rotatable bonds is 23. The molecule has 0 aliphatic carbocycles. The van der Waals surface area contributed by atoms with Gasteiger partial charge < -0.3 is 36.0 Å². The quantitative estimate of drug-likeness (QED) is 0.153. The number of aliphatic hydroxyl groups is 1. The van der Waals surface area contributed by atoms with Crippen LogP contribution in [0.2, 0.25) is 0 Å². The maximum Gasteiger partial charge on any atom is 0.130 e. The zero-order chi connectivity index (χ0) is 24.0. The van der Waals surface area contributed by atoms with E-state index in [-0.39, 0.29) is 29.2 Å². The third kappa shape index (κ3) is 19.5. The standard InChI is InChI=1S/C29H60NO3.BrH/c1-4-6-7-8-9-10-11-12-13-14-15-16-17-18-19-20-25-32-27-29(33-5-2)26-30(3)23-21-28(31)22-24-30;/h28-29,31H,4-27H2,1-3H3;1H/q+1;/p-1. The van der Waals surface area contributed by atoms with Crippen LogP contribution in [0.1, 0.15) is 129 Å². The van der Waals surface area contributed by atoms with Crippen LogP contribution in [-0.4, -0.2) is 68.3 Å². The van der Waals surface area contributed by atoms with Gasteiger partial charge in [0.1, 0.15) is 12.6 Å². The molecule has 1 aliphatic heterocycles. The first kappa shape index (κ1) is 34.3. The lowest BCUT2D eigenvalue weighted by molar-refractivity contribution is -0.918. The van der Waals surface area contributed by atoms with E-state index in [1.165, 1.54) is 103 Å². The number of likely N-dealkylation sites (N-methyl/N-ethyl adjacent to an activating group) is 1. The predicted octanol–water partition coefficient (Wildman–Crippen LogP) is 4.27. The molecule has 4 nitrogen and oxygen atoms in total. The van der Waals surface area contributed by atoms with Gasteiger partial charge in [-0.05, 0) is 13.3 Å². The van der Waals surface area contributed by atoms with E-state index in [1.807, 2.05) is 0 Å². The summed E-state index contributed by atoms with van der Waals surface area (Å²) in [5, 5.41) is 9.79. The number of aliphatic hydroxyl groups excluding tert-OH is 1. The molecule has 0 saturated carbocycles. The van der Waals surface area contributed by atoms with Crippen molar-refractivity contribution in [2.24, 2.45) is 0 Å². The average Bonchev–Trinajstić information content (AvgIpc) is 2.80. The molecule has 0 bridgehead atoms. The Morgan fingerprint density at radius 3 is 1.62 bits per heavy atom. The number of quaternary nitrogens is 1. The van der Waals surface area contributed by atoms with Crippen LogP contribution in [0.5, 0.6) is 0 Å². The van der Waals surface area contributed by atoms with Crippen LogP contribution in [0, 0.1) is 0 Å². The Kier molecular flexibility index (Phi) is 23.9. The van der Waals surface area contributed by atoms with Gasteiger partial charge in [-0.25, -0.2) is 0 Å². The molecule has 5 heteroatoms. The smallest absolute Gasteiger partial charge is 0.130 e. The van der Waals surface area contributed by atoms with Crippen LogP contribution in [0.4, 0.5) is 0 Å². The van der Waals surface area contributed by atoms with Gasteiger partial charge in [0.05, 0.1) is 32.8 Å². The zero-order valence-corrected chi connectivity index (χ0v) is 24.8. The van der Waals surface area contributed by atoms with Crippen LogP contribution < -0.4 is 17.0 Å². The van der Waals surface area contributed by atoms with Crippen molar-refractivity contribution in [1.29, 1.82) is 0 Å². The topological polar surface area (TPSA) is 38.7 Å². The van der Waals surface area contributed by atoms with E-state index in [9.17, 15) is 5.11 Å². The fraction of sp³-hybridized carbons (Fsp3) is 1.00. The molecule has 1 rings (SSSR count). The van der Waals surface area contributed by atoms with E-state index in [0.717, 1.165) is 50.2 Å². The summed E-state index contributed by atoms with van der Waals surface area (Å²) in [5.41, 5.74) is 0. The fourth-order valence-corrected chi connectivity index (χ4v) is 5.21. The number of nitrogens with zero attached hydrogens (tertiary/aromatic N) is 1. The molecule has 0 amide bonds. The first-order chi connectivity index (χ1) is 16.1. The molecule has 1 atom stereocenters. The van der Waals surface area contributed by atoms with Gasteiger partial charge >= 0.3 is 0 Å². The molecule has 0 aromatic heterocycles. The molecule has 0 aromatic rings. The lowest BCUT2D eigenvalue weighted by Gasteiger charge is -2.41. The third-order valence-corrected chi connectivity index (χ3v) is 7.50. The first-order valence-corrected chi connectivity index (χ1v) is 14.8. The lowest BCUT2D eigenvalue weighted by Crippen LogP contribution is -3.00. The minimum Gasteiger partial charge on any atom is -1.00 e. The second-order valence-electron chi connectivity index (χ2n) is 10.9. The fourth-order valence-electron chi connectivity index (χ4n) is 5.21. The molecule has 0 spiro atoms. The Bertz CT molecular complexity index is 416. The second kappa shape index (κ2) is 23.7. The van der Waals surface area contributed by atoms with Crippen molar-refractivity contribution in [3.05, 3.63) is 0 Å². The van der Waals surface area contributed by atoms with Crippen molar-refractivity contribution in [2.75, 3.05) is 46.5 Å². The number of piperidine rings is 1. The van der Waals surface area contributed by atoms with Gasteiger partial charge in [-0.2, -0.15) is 0 Å². The van der Waals surface area contributed by atoms with Crippen molar-refractivity contribution in [1.82, 2.24) is 0 Å². The van der Waals surface area contributed by atoms with Crippen molar-refractivity contribution in [2.45, 2.75) is 142 Å². The maximum atomic E-state index is 9.79. The number of ether oxygens (including phenoxy) is 2. The Morgan fingerprint density at radius 2 is 1.18 bits per heavy atom. The molecule has 0 radical (unpaired) electrons. The molecule has 1 aliphatic rings.